The molecule has 0 radical (unpaired) electrons. The van der Waals surface area contributed by atoms with E-state index >= 15 is 0 Å². The van der Waals surface area contributed by atoms with E-state index < -0.39 is 97.5 Å². The number of hydrogen-bond acceptors (Lipinski definition) is 15. The molecule has 0 rings (SSSR count). The lowest BCUT2D eigenvalue weighted by molar-refractivity contribution is -0.161. The Labute approximate surface area is 606 Å². The van der Waals surface area contributed by atoms with E-state index in [-0.39, 0.29) is 25.7 Å². The fraction of sp³-hybridized carbons (Fsp3) is 0.704. The van der Waals surface area contributed by atoms with Crippen molar-refractivity contribution in [2.75, 3.05) is 39.6 Å². The molecule has 19 heteroatoms. The number of rotatable bonds is 72. The third kappa shape index (κ3) is 71.8. The lowest BCUT2D eigenvalue weighted by atomic mass is 10.1. The van der Waals surface area contributed by atoms with Crippen LogP contribution in [0.5, 0.6) is 0 Å². The molecule has 17 nitrogen and oxygen atoms in total. The monoisotopic (exact) mass is 1440 g/mol. The number of phosphoric acid groups is 2. The normalized spacial score (nSPS) is 14.6. The molecule has 3 N–H and O–H groups in total. The molecule has 0 heterocycles. The smallest absolute Gasteiger partial charge is 0.462 e. The molecule has 0 aliphatic carbocycles. The number of aliphatic hydroxyl groups excluding tert-OH is 1. The van der Waals surface area contributed by atoms with Crippen molar-refractivity contribution < 1.29 is 80.2 Å². The van der Waals surface area contributed by atoms with Gasteiger partial charge < -0.3 is 33.8 Å². The molecule has 0 aromatic heterocycles. The Kier molecular flexibility index (Phi) is 69.5. The van der Waals surface area contributed by atoms with Gasteiger partial charge in [-0.1, -0.05) is 252 Å². The van der Waals surface area contributed by atoms with Gasteiger partial charge in [0.05, 0.1) is 26.4 Å². The van der Waals surface area contributed by atoms with E-state index in [1.54, 1.807) is 0 Å². The lowest BCUT2D eigenvalue weighted by Crippen LogP contribution is -2.30. The maximum absolute atomic E-state index is 13.1. The Morgan fingerprint density at radius 3 is 0.880 bits per heavy atom. The fourth-order valence-corrected chi connectivity index (χ4v) is 11.5. The minimum Gasteiger partial charge on any atom is -0.462 e. The summed E-state index contributed by atoms with van der Waals surface area (Å²) in [6.07, 6.45) is 79.0. The minimum absolute atomic E-state index is 0.0682. The number of aliphatic hydroxyl groups is 1. The zero-order valence-electron chi connectivity index (χ0n) is 62.6. The average Bonchev–Trinajstić information content (AvgIpc) is 0.935. The van der Waals surface area contributed by atoms with E-state index in [1.807, 2.05) is 0 Å². The summed E-state index contributed by atoms with van der Waals surface area (Å²) in [5, 5.41) is 10.6. The summed E-state index contributed by atoms with van der Waals surface area (Å²) in [5.41, 5.74) is 0. The molecule has 5 unspecified atom stereocenters. The van der Waals surface area contributed by atoms with Crippen molar-refractivity contribution in [3.8, 4) is 0 Å². The topological polar surface area (TPSA) is 237 Å². The summed E-state index contributed by atoms with van der Waals surface area (Å²) in [4.78, 5) is 72.9. The van der Waals surface area contributed by atoms with Gasteiger partial charge in [0.15, 0.2) is 12.2 Å². The van der Waals surface area contributed by atoms with Gasteiger partial charge in [-0.2, -0.15) is 0 Å². The maximum atomic E-state index is 13.1. The van der Waals surface area contributed by atoms with Gasteiger partial charge in [-0.05, 0) is 154 Å². The Morgan fingerprint density at radius 2 is 0.540 bits per heavy atom. The molecule has 0 bridgehead atoms. The summed E-state index contributed by atoms with van der Waals surface area (Å²) < 4.78 is 68.4. The zero-order valence-corrected chi connectivity index (χ0v) is 64.4. The van der Waals surface area contributed by atoms with E-state index in [2.05, 4.69) is 149 Å². The molecular weight excluding hydrogens is 1310 g/mol. The number of ether oxygens (including phenoxy) is 4. The highest BCUT2D eigenvalue weighted by Crippen LogP contribution is 2.45. The van der Waals surface area contributed by atoms with Gasteiger partial charge in [-0.25, -0.2) is 9.13 Å². The molecule has 0 amide bonds. The average molecular weight is 1450 g/mol. The predicted molar refractivity (Wildman–Crippen MR) is 408 cm³/mol. The third-order valence-corrected chi connectivity index (χ3v) is 17.8. The van der Waals surface area contributed by atoms with Gasteiger partial charge in [0.25, 0.3) is 0 Å². The number of unbranched alkanes of at least 4 members (excludes halogenated alkanes) is 26. The van der Waals surface area contributed by atoms with E-state index in [4.69, 9.17) is 37.0 Å². The minimum atomic E-state index is -4.99. The molecule has 100 heavy (non-hydrogen) atoms. The van der Waals surface area contributed by atoms with E-state index in [1.165, 1.54) is 44.9 Å². The molecule has 0 saturated carbocycles. The largest absolute Gasteiger partial charge is 0.472 e. The molecular formula is C81H138O17P2. The Bertz CT molecular complexity index is 2370. The maximum Gasteiger partial charge on any atom is 0.472 e. The first kappa shape index (κ1) is 95.5. The highest BCUT2D eigenvalue weighted by atomic mass is 31.2. The van der Waals surface area contributed by atoms with Crippen LogP contribution < -0.4 is 0 Å². The van der Waals surface area contributed by atoms with Crippen molar-refractivity contribution in [3.63, 3.8) is 0 Å². The van der Waals surface area contributed by atoms with Crippen LogP contribution in [0.25, 0.3) is 0 Å². The van der Waals surface area contributed by atoms with Crippen molar-refractivity contribution >= 4 is 39.5 Å². The van der Waals surface area contributed by atoms with E-state index in [0.29, 0.717) is 25.7 Å². The quantitative estimate of drug-likeness (QED) is 0.0169. The lowest BCUT2D eigenvalue weighted by Gasteiger charge is -2.21. The molecule has 0 spiro atoms. The molecule has 0 fully saturated rings. The van der Waals surface area contributed by atoms with Gasteiger partial charge in [-0.15, -0.1) is 0 Å². The van der Waals surface area contributed by atoms with Crippen LogP contribution in [0, 0.1) is 0 Å². The first-order valence-corrected chi connectivity index (χ1v) is 41.8. The highest BCUT2D eigenvalue weighted by molar-refractivity contribution is 7.47. The summed E-state index contributed by atoms with van der Waals surface area (Å²) in [6.45, 7) is 4.58. The molecule has 0 saturated heterocycles. The van der Waals surface area contributed by atoms with Crippen molar-refractivity contribution in [1.82, 2.24) is 0 Å². The summed E-state index contributed by atoms with van der Waals surface area (Å²) in [6, 6.07) is 0. The second-order valence-corrected chi connectivity index (χ2v) is 28.5. The SMILES string of the molecule is CC/C=C\C/C=C\C/C=C\C/C=C\C/C=C\CCCCCC(=O)OCC(COP(=O)(O)OCC(O)COP(=O)(O)OCC(COC(=O)CCCCCCC/C=C\C/C=C\CCCCC)OC(=O)CCCCCCC/C=C\CCCCCC)OC(=O)CCCCCCC/C=C\C/C=C\CCC. The van der Waals surface area contributed by atoms with Crippen LogP contribution in [0.2, 0.25) is 0 Å². The highest BCUT2D eigenvalue weighted by Gasteiger charge is 2.30. The molecule has 574 valence electrons. The van der Waals surface area contributed by atoms with Crippen LogP contribution in [-0.2, 0) is 65.4 Å². The fourth-order valence-electron chi connectivity index (χ4n) is 9.96. The van der Waals surface area contributed by atoms with E-state index in [0.717, 1.165) is 186 Å². The number of carbonyl (C=O) groups excluding carboxylic acids is 4. The van der Waals surface area contributed by atoms with Gasteiger partial charge in [-0.3, -0.25) is 37.3 Å². The Hall–Kier alpha value is -4.54. The number of esters is 4. The second-order valence-electron chi connectivity index (χ2n) is 25.6. The van der Waals surface area contributed by atoms with Gasteiger partial charge in [0, 0.05) is 25.7 Å². The van der Waals surface area contributed by atoms with Gasteiger partial charge in [0.1, 0.15) is 19.3 Å². The van der Waals surface area contributed by atoms with Gasteiger partial charge in [0.2, 0.25) is 0 Å². The number of hydrogen-bond donors (Lipinski definition) is 3. The van der Waals surface area contributed by atoms with Crippen LogP contribution in [0.15, 0.2) is 122 Å². The first-order valence-electron chi connectivity index (χ1n) is 38.8. The van der Waals surface area contributed by atoms with Crippen LogP contribution in [0.1, 0.15) is 310 Å². The van der Waals surface area contributed by atoms with Crippen LogP contribution in [0.3, 0.4) is 0 Å². The van der Waals surface area contributed by atoms with Crippen molar-refractivity contribution in [2.45, 2.75) is 329 Å². The zero-order chi connectivity index (χ0) is 73.2. The molecule has 5 atom stereocenters. The number of carbonyl (C=O) groups is 4. The predicted octanol–water partition coefficient (Wildman–Crippen LogP) is 22.3. The van der Waals surface area contributed by atoms with Crippen LogP contribution >= 0.6 is 15.6 Å². The van der Waals surface area contributed by atoms with Crippen molar-refractivity contribution in [2.24, 2.45) is 0 Å². The molecule has 0 aromatic rings. The third-order valence-electron chi connectivity index (χ3n) is 15.9. The summed E-state index contributed by atoms with van der Waals surface area (Å²) in [7, 11) is -9.97. The molecule has 0 aromatic carbocycles. The first-order chi connectivity index (χ1) is 48.7. The Morgan fingerprint density at radius 1 is 0.290 bits per heavy atom. The summed E-state index contributed by atoms with van der Waals surface area (Å²) >= 11 is 0. The number of phosphoric ester groups is 2. The molecule has 0 aliphatic heterocycles. The van der Waals surface area contributed by atoms with E-state index in [9.17, 15) is 43.2 Å². The van der Waals surface area contributed by atoms with Crippen molar-refractivity contribution in [3.05, 3.63) is 122 Å². The summed E-state index contributed by atoms with van der Waals surface area (Å²) in [5.74, 6) is -2.25. The molecule has 0 aliphatic rings. The Balaban J connectivity index is 5.38. The van der Waals surface area contributed by atoms with Crippen LogP contribution in [-0.4, -0.2) is 96.7 Å². The second kappa shape index (κ2) is 72.8. The van der Waals surface area contributed by atoms with Crippen LogP contribution in [0.4, 0.5) is 0 Å². The van der Waals surface area contributed by atoms with Gasteiger partial charge >= 0.3 is 39.5 Å². The van der Waals surface area contributed by atoms with Crippen molar-refractivity contribution in [1.29, 1.82) is 0 Å². The number of allylic oxidation sites excluding steroid dienone is 20. The standard InChI is InChI=1S/C81H138O17P2/c1-5-9-13-17-21-25-29-33-35-36-37-38-40-44-46-50-54-58-62-66-79(84)92-72-77(98-81(86)68-64-60-56-52-48-42-32-28-24-20-16-12-8-4)74-96-100(89,90)94-70-75(82)69-93-99(87,88)95-73-76(97-80(85)67-63-59-55-51-47-41-31-27-23-19-15-11-7-3)71-91-78(83)65-61-57-53-49-45-43-39-34-30-26-22-18-14-10-6-2/h9,13,16,20-22,25-28,31-35,37-39,44,46,75-77,82H,5-8,10-12,14-15,17-19,23-24,29-30,36,40-43,45,47-74H2,1-4H3,(H,87,88)(H,89,90)/b13-9-,20-16-,25-21-,26-22-,31-27-,32-28-,35-33-,38-37-,39-34-,46-44-.